The van der Waals surface area contributed by atoms with Crippen molar-refractivity contribution >= 4 is 46.5 Å². The molecule has 30 heavy (non-hydrogen) atoms. The maximum atomic E-state index is 13.7. The van der Waals surface area contributed by atoms with Gasteiger partial charge in [0.2, 0.25) is 5.91 Å². The first-order valence-corrected chi connectivity index (χ1v) is 12.0. The van der Waals surface area contributed by atoms with Gasteiger partial charge in [0.05, 0.1) is 10.9 Å². The van der Waals surface area contributed by atoms with Crippen molar-refractivity contribution < 1.29 is 13.6 Å². The summed E-state index contributed by atoms with van der Waals surface area (Å²) in [6.07, 6.45) is 0. The normalized spacial score (nSPS) is 12.2. The van der Waals surface area contributed by atoms with E-state index in [0.717, 1.165) is 28.3 Å². The lowest BCUT2D eigenvalue weighted by atomic mass is 10.0. The van der Waals surface area contributed by atoms with Crippen LogP contribution in [0.2, 0.25) is 0 Å². The summed E-state index contributed by atoms with van der Waals surface area (Å²) in [5.41, 5.74) is 2.34. The number of anilines is 1. The molecule has 158 valence electrons. The number of benzene rings is 2. The molecule has 0 aliphatic heterocycles. The van der Waals surface area contributed by atoms with E-state index in [1.54, 1.807) is 18.7 Å². The topological polar surface area (TPSA) is 54.9 Å². The fraction of sp³-hybridized carbons (Fsp3) is 0.286. The molecule has 4 nitrogen and oxygen atoms in total. The molecule has 0 fully saturated rings. The van der Waals surface area contributed by atoms with E-state index < -0.39 is 22.8 Å². The van der Waals surface area contributed by atoms with Crippen molar-refractivity contribution in [1.29, 1.82) is 0 Å². The Morgan fingerprint density at radius 3 is 2.47 bits per heavy atom. The minimum Gasteiger partial charge on any atom is -0.323 e. The highest BCUT2D eigenvalue weighted by Crippen LogP contribution is 2.33. The van der Waals surface area contributed by atoms with Gasteiger partial charge in [-0.25, -0.2) is 8.78 Å². The summed E-state index contributed by atoms with van der Waals surface area (Å²) in [5, 5.41) is 10.2. The second kappa shape index (κ2) is 10.4. The SMILES string of the molecule is CC(Sc1nnc(SCc2ccc(C(C)C)cc2)s1)C(=O)Nc1cc(F)ccc1F. The molecule has 0 aliphatic carbocycles. The van der Waals surface area contributed by atoms with Crippen molar-refractivity contribution in [2.75, 3.05) is 5.32 Å². The van der Waals surface area contributed by atoms with E-state index in [1.807, 2.05) is 0 Å². The Labute approximate surface area is 186 Å². The van der Waals surface area contributed by atoms with E-state index in [0.29, 0.717) is 10.3 Å². The highest BCUT2D eigenvalue weighted by molar-refractivity contribution is 8.03. The van der Waals surface area contributed by atoms with Gasteiger partial charge in [0.15, 0.2) is 8.68 Å². The monoisotopic (exact) mass is 465 g/mol. The Hall–Kier alpha value is -1.97. The molecule has 0 radical (unpaired) electrons. The number of halogens is 2. The van der Waals surface area contributed by atoms with Gasteiger partial charge in [0.25, 0.3) is 0 Å². The summed E-state index contributed by atoms with van der Waals surface area (Å²) in [6.45, 7) is 6.02. The standard InChI is InChI=1S/C21H21F2N3OS3/c1-12(2)15-6-4-14(5-7-15)11-28-20-25-26-21(30-20)29-13(3)19(27)24-18-10-16(22)8-9-17(18)23/h4-10,12-13H,11H2,1-3H3,(H,24,27). The van der Waals surface area contributed by atoms with Gasteiger partial charge in [-0.3, -0.25) is 4.79 Å². The van der Waals surface area contributed by atoms with Crippen molar-refractivity contribution in [3.8, 4) is 0 Å². The third-order valence-corrected chi connectivity index (χ3v) is 7.54. The quantitative estimate of drug-likeness (QED) is 0.393. The van der Waals surface area contributed by atoms with Crippen LogP contribution >= 0.6 is 34.9 Å². The van der Waals surface area contributed by atoms with Crippen LogP contribution in [0.25, 0.3) is 0 Å². The maximum Gasteiger partial charge on any atom is 0.237 e. The van der Waals surface area contributed by atoms with Crippen molar-refractivity contribution in [3.63, 3.8) is 0 Å². The van der Waals surface area contributed by atoms with Gasteiger partial charge in [-0.05, 0) is 36.1 Å². The predicted octanol–water partition coefficient (Wildman–Crippen LogP) is 6.35. The summed E-state index contributed by atoms with van der Waals surface area (Å²) in [7, 11) is 0. The molecule has 1 amide bonds. The average Bonchev–Trinajstić information content (AvgIpc) is 3.16. The molecule has 2 aromatic carbocycles. The first-order valence-electron chi connectivity index (χ1n) is 9.29. The third-order valence-electron chi connectivity index (χ3n) is 4.23. The Balaban J connectivity index is 1.52. The zero-order valence-electron chi connectivity index (χ0n) is 16.7. The Bertz CT molecular complexity index is 1010. The number of rotatable bonds is 8. The molecule has 0 saturated heterocycles. The first-order chi connectivity index (χ1) is 14.3. The number of hydrogen-bond donors (Lipinski definition) is 1. The number of aromatic nitrogens is 2. The molecule has 3 rings (SSSR count). The summed E-state index contributed by atoms with van der Waals surface area (Å²) >= 11 is 4.23. The first kappa shape index (κ1) is 22.7. The summed E-state index contributed by atoms with van der Waals surface area (Å²) in [4.78, 5) is 12.3. The molecule has 1 heterocycles. The molecule has 1 unspecified atom stereocenters. The molecule has 3 aromatic rings. The molecule has 0 aliphatic rings. The Morgan fingerprint density at radius 1 is 1.07 bits per heavy atom. The lowest BCUT2D eigenvalue weighted by molar-refractivity contribution is -0.115. The van der Waals surface area contributed by atoms with Gasteiger partial charge in [-0.1, -0.05) is 73.0 Å². The molecular weight excluding hydrogens is 444 g/mol. The van der Waals surface area contributed by atoms with Crippen molar-refractivity contribution in [1.82, 2.24) is 10.2 Å². The van der Waals surface area contributed by atoms with Gasteiger partial charge < -0.3 is 5.32 Å². The summed E-state index contributed by atoms with van der Waals surface area (Å²) in [6, 6.07) is 11.5. The van der Waals surface area contributed by atoms with Crippen LogP contribution < -0.4 is 5.32 Å². The van der Waals surface area contributed by atoms with Gasteiger partial charge in [0.1, 0.15) is 11.6 Å². The fourth-order valence-corrected chi connectivity index (χ4v) is 5.60. The van der Waals surface area contributed by atoms with E-state index in [1.165, 1.54) is 34.2 Å². The van der Waals surface area contributed by atoms with Crippen molar-refractivity contribution in [2.45, 2.75) is 46.4 Å². The second-order valence-corrected chi connectivity index (χ2v) is 10.7. The van der Waals surface area contributed by atoms with Gasteiger partial charge >= 0.3 is 0 Å². The summed E-state index contributed by atoms with van der Waals surface area (Å²) in [5.74, 6) is -0.438. The van der Waals surface area contributed by atoms with Gasteiger partial charge in [-0.2, -0.15) is 0 Å². The van der Waals surface area contributed by atoms with Gasteiger partial charge in [-0.15, -0.1) is 10.2 Å². The minimum atomic E-state index is -0.682. The largest absolute Gasteiger partial charge is 0.323 e. The van der Waals surface area contributed by atoms with Crippen LogP contribution in [0.5, 0.6) is 0 Å². The summed E-state index contributed by atoms with van der Waals surface area (Å²) < 4.78 is 28.4. The van der Waals surface area contributed by atoms with Crippen LogP contribution in [0.1, 0.15) is 37.8 Å². The Morgan fingerprint density at radius 2 is 1.77 bits per heavy atom. The van der Waals surface area contributed by atoms with E-state index in [-0.39, 0.29) is 5.69 Å². The van der Waals surface area contributed by atoms with Crippen LogP contribution in [0.3, 0.4) is 0 Å². The molecule has 0 spiro atoms. The number of amides is 1. The lowest BCUT2D eigenvalue weighted by Gasteiger charge is -2.10. The lowest BCUT2D eigenvalue weighted by Crippen LogP contribution is -2.23. The minimum absolute atomic E-state index is 0.176. The van der Waals surface area contributed by atoms with Crippen LogP contribution in [0.4, 0.5) is 14.5 Å². The van der Waals surface area contributed by atoms with E-state index >= 15 is 0 Å². The number of nitrogens with one attached hydrogen (secondary N) is 1. The molecule has 0 saturated carbocycles. The van der Waals surface area contributed by atoms with Crippen LogP contribution in [0.15, 0.2) is 51.1 Å². The smallest absolute Gasteiger partial charge is 0.237 e. The van der Waals surface area contributed by atoms with Crippen molar-refractivity contribution in [3.05, 3.63) is 65.2 Å². The number of nitrogens with zero attached hydrogens (tertiary/aromatic N) is 2. The number of hydrogen-bond acceptors (Lipinski definition) is 6. The predicted molar refractivity (Wildman–Crippen MR) is 120 cm³/mol. The van der Waals surface area contributed by atoms with E-state index in [9.17, 15) is 13.6 Å². The zero-order valence-corrected chi connectivity index (χ0v) is 19.1. The van der Waals surface area contributed by atoms with Crippen LogP contribution in [-0.4, -0.2) is 21.4 Å². The maximum absolute atomic E-state index is 13.7. The van der Waals surface area contributed by atoms with Crippen molar-refractivity contribution in [2.24, 2.45) is 0 Å². The van der Waals surface area contributed by atoms with E-state index in [4.69, 9.17) is 0 Å². The molecule has 1 atom stereocenters. The highest BCUT2D eigenvalue weighted by atomic mass is 32.2. The highest BCUT2D eigenvalue weighted by Gasteiger charge is 2.19. The third kappa shape index (κ3) is 6.26. The zero-order chi connectivity index (χ0) is 21.7. The second-order valence-electron chi connectivity index (χ2n) is 6.89. The average molecular weight is 466 g/mol. The van der Waals surface area contributed by atoms with Crippen LogP contribution in [-0.2, 0) is 10.5 Å². The molecule has 1 aromatic heterocycles. The molecule has 9 heteroatoms. The number of thioether (sulfide) groups is 2. The molecular formula is C21H21F2N3OS3. The fourth-order valence-electron chi connectivity index (χ4n) is 2.48. The number of carbonyl (C=O) groups is 1. The molecule has 1 N–H and O–H groups in total. The van der Waals surface area contributed by atoms with Gasteiger partial charge in [0, 0.05) is 11.8 Å². The molecule has 0 bridgehead atoms. The number of carbonyl (C=O) groups excluding carboxylic acids is 1. The van der Waals surface area contributed by atoms with E-state index in [2.05, 4.69) is 53.6 Å². The Kier molecular flexibility index (Phi) is 7.85. The van der Waals surface area contributed by atoms with Crippen LogP contribution in [0, 0.1) is 11.6 Å².